The molecule has 112 valence electrons. The van der Waals surface area contributed by atoms with Gasteiger partial charge in [0.15, 0.2) is 0 Å². The monoisotopic (exact) mass is 289 g/mol. The van der Waals surface area contributed by atoms with Crippen LogP contribution in [-0.2, 0) is 9.53 Å². The van der Waals surface area contributed by atoms with E-state index in [1.165, 1.54) is 0 Å². The first-order chi connectivity index (χ1) is 9.39. The Balaban J connectivity index is 3.05. The number of likely N-dealkylation sites (N-methyl/N-ethyl adjacent to an activating group) is 1. The van der Waals surface area contributed by atoms with E-state index in [4.69, 9.17) is 4.74 Å². The first kappa shape index (κ1) is 16.5. The average molecular weight is 289 g/mol. The van der Waals surface area contributed by atoms with E-state index in [0.29, 0.717) is 5.56 Å². The van der Waals surface area contributed by atoms with Gasteiger partial charge in [0.2, 0.25) is 0 Å². The highest BCUT2D eigenvalue weighted by Gasteiger charge is 2.37. The van der Waals surface area contributed by atoms with Crippen molar-refractivity contribution in [2.45, 2.75) is 26.1 Å². The lowest BCUT2D eigenvalue weighted by Gasteiger charge is -2.29. The van der Waals surface area contributed by atoms with Crippen LogP contribution in [0.5, 0.6) is 0 Å². The van der Waals surface area contributed by atoms with Gasteiger partial charge in [-0.3, -0.25) is 4.90 Å². The summed E-state index contributed by atoms with van der Waals surface area (Å²) in [5.74, 6) is -0.662. The van der Waals surface area contributed by atoms with Gasteiger partial charge in [0.1, 0.15) is 6.04 Å². The summed E-state index contributed by atoms with van der Waals surface area (Å²) in [6.07, 6.45) is -4.37. The fraction of sp³-hybridized carbons (Fsp3) is 0.500. The summed E-state index contributed by atoms with van der Waals surface area (Å²) in [6.45, 7) is 2.28. The van der Waals surface area contributed by atoms with Crippen LogP contribution in [0.2, 0.25) is 0 Å². The number of hydrogen-bond acceptors (Lipinski definition) is 3. The molecule has 0 saturated carbocycles. The van der Waals surface area contributed by atoms with Crippen LogP contribution in [0.15, 0.2) is 30.3 Å². The average Bonchev–Trinajstić information content (AvgIpc) is 2.38. The van der Waals surface area contributed by atoms with Gasteiger partial charge in [-0.25, -0.2) is 4.79 Å². The van der Waals surface area contributed by atoms with Gasteiger partial charge in [0.25, 0.3) is 0 Å². The van der Waals surface area contributed by atoms with Crippen LogP contribution < -0.4 is 0 Å². The number of halogens is 3. The molecule has 1 unspecified atom stereocenters. The number of hydrogen-bond donors (Lipinski definition) is 0. The maximum Gasteiger partial charge on any atom is 0.401 e. The smallest absolute Gasteiger partial charge is 0.401 e. The van der Waals surface area contributed by atoms with Crippen molar-refractivity contribution >= 4 is 5.97 Å². The van der Waals surface area contributed by atoms with E-state index in [0.717, 1.165) is 4.90 Å². The largest absolute Gasteiger partial charge is 0.465 e. The van der Waals surface area contributed by atoms with Crippen molar-refractivity contribution in [1.82, 2.24) is 4.90 Å². The molecule has 1 rings (SSSR count). The molecule has 0 fully saturated rings. The SMILES string of the molecule is CCOC(=O)C(c1ccccc1)N(CC)CC(F)(F)F. The molecule has 0 aromatic heterocycles. The number of alkyl halides is 3. The second-order valence-corrected chi connectivity index (χ2v) is 4.24. The molecule has 3 nitrogen and oxygen atoms in total. The number of esters is 1. The molecule has 20 heavy (non-hydrogen) atoms. The summed E-state index contributed by atoms with van der Waals surface area (Å²) >= 11 is 0. The normalized spacial score (nSPS) is 13.3. The Morgan fingerprint density at radius 3 is 2.30 bits per heavy atom. The van der Waals surface area contributed by atoms with E-state index >= 15 is 0 Å². The highest BCUT2D eigenvalue weighted by Crippen LogP contribution is 2.26. The highest BCUT2D eigenvalue weighted by atomic mass is 19.4. The van der Waals surface area contributed by atoms with E-state index in [2.05, 4.69) is 0 Å². The lowest BCUT2D eigenvalue weighted by Crippen LogP contribution is -2.41. The lowest BCUT2D eigenvalue weighted by molar-refractivity contribution is -0.165. The van der Waals surface area contributed by atoms with Crippen LogP contribution >= 0.6 is 0 Å². The molecule has 6 heteroatoms. The second kappa shape index (κ2) is 7.28. The molecule has 1 atom stereocenters. The number of nitrogens with zero attached hydrogens (tertiary/aromatic N) is 1. The number of ether oxygens (including phenoxy) is 1. The number of carbonyl (C=O) groups excluding carboxylic acids is 1. The third-order valence-corrected chi connectivity index (χ3v) is 2.78. The molecule has 0 aliphatic rings. The summed E-state index contributed by atoms with van der Waals surface area (Å²) in [4.78, 5) is 13.1. The summed E-state index contributed by atoms with van der Waals surface area (Å²) in [6, 6.07) is 7.32. The van der Waals surface area contributed by atoms with Crippen molar-refractivity contribution in [3.05, 3.63) is 35.9 Å². The molecular weight excluding hydrogens is 271 g/mol. The van der Waals surface area contributed by atoms with Gasteiger partial charge in [-0.2, -0.15) is 13.2 Å². The van der Waals surface area contributed by atoms with Gasteiger partial charge in [-0.05, 0) is 19.0 Å². The predicted octanol–water partition coefficient (Wildman–Crippen LogP) is 3.18. The van der Waals surface area contributed by atoms with Gasteiger partial charge in [0.05, 0.1) is 13.2 Å². The Morgan fingerprint density at radius 2 is 1.85 bits per heavy atom. The molecular formula is C14H18F3NO2. The summed E-state index contributed by atoms with van der Waals surface area (Å²) in [5, 5.41) is 0. The molecule has 1 aromatic rings. The van der Waals surface area contributed by atoms with Gasteiger partial charge >= 0.3 is 12.1 Å². The number of carbonyl (C=O) groups is 1. The third-order valence-electron chi connectivity index (χ3n) is 2.78. The van der Waals surface area contributed by atoms with Gasteiger partial charge in [0, 0.05) is 0 Å². The molecule has 0 bridgehead atoms. The molecule has 0 radical (unpaired) electrons. The fourth-order valence-corrected chi connectivity index (χ4v) is 1.97. The zero-order valence-electron chi connectivity index (χ0n) is 11.5. The number of benzene rings is 1. The minimum Gasteiger partial charge on any atom is -0.465 e. The van der Waals surface area contributed by atoms with Crippen molar-refractivity contribution in [2.75, 3.05) is 19.7 Å². The Hall–Kier alpha value is -1.56. The van der Waals surface area contributed by atoms with Crippen LogP contribution in [0.3, 0.4) is 0 Å². The first-order valence-corrected chi connectivity index (χ1v) is 6.41. The van der Waals surface area contributed by atoms with Gasteiger partial charge in [-0.1, -0.05) is 37.3 Å². The van der Waals surface area contributed by atoms with Crippen LogP contribution in [0.1, 0.15) is 25.5 Å². The van der Waals surface area contributed by atoms with Crippen molar-refractivity contribution in [3.63, 3.8) is 0 Å². The summed E-state index contributed by atoms with van der Waals surface area (Å²) < 4.78 is 42.8. The van der Waals surface area contributed by atoms with Crippen LogP contribution in [0.4, 0.5) is 13.2 Å². The minimum atomic E-state index is -4.37. The van der Waals surface area contributed by atoms with E-state index < -0.39 is 24.7 Å². The zero-order valence-corrected chi connectivity index (χ0v) is 11.5. The highest BCUT2D eigenvalue weighted by molar-refractivity contribution is 5.77. The maximum atomic E-state index is 12.6. The molecule has 0 amide bonds. The van der Waals surface area contributed by atoms with E-state index in [-0.39, 0.29) is 13.2 Å². The molecule has 1 aromatic carbocycles. The molecule has 0 saturated heterocycles. The molecule has 0 spiro atoms. The Bertz CT molecular complexity index is 420. The van der Waals surface area contributed by atoms with E-state index in [1.807, 2.05) is 0 Å². The Morgan fingerprint density at radius 1 is 1.25 bits per heavy atom. The fourth-order valence-electron chi connectivity index (χ4n) is 1.97. The van der Waals surface area contributed by atoms with E-state index in [1.54, 1.807) is 44.2 Å². The third kappa shape index (κ3) is 4.85. The van der Waals surface area contributed by atoms with Gasteiger partial charge in [-0.15, -0.1) is 0 Å². The molecule has 0 N–H and O–H groups in total. The van der Waals surface area contributed by atoms with Crippen LogP contribution in [0.25, 0.3) is 0 Å². The second-order valence-electron chi connectivity index (χ2n) is 4.24. The number of rotatable bonds is 6. The van der Waals surface area contributed by atoms with Crippen molar-refractivity contribution in [1.29, 1.82) is 0 Å². The minimum absolute atomic E-state index is 0.0951. The van der Waals surface area contributed by atoms with Crippen molar-refractivity contribution in [3.8, 4) is 0 Å². The maximum absolute atomic E-state index is 12.6. The van der Waals surface area contributed by atoms with Crippen molar-refractivity contribution < 1.29 is 22.7 Å². The molecule has 0 aliphatic heterocycles. The predicted molar refractivity (Wildman–Crippen MR) is 69.1 cm³/mol. The quantitative estimate of drug-likeness (QED) is 0.753. The van der Waals surface area contributed by atoms with E-state index in [9.17, 15) is 18.0 Å². The van der Waals surface area contributed by atoms with Crippen LogP contribution in [-0.4, -0.2) is 36.7 Å². The molecule has 0 aliphatic carbocycles. The molecule has 0 heterocycles. The van der Waals surface area contributed by atoms with Crippen LogP contribution in [0, 0.1) is 0 Å². The summed E-state index contributed by atoms with van der Waals surface area (Å²) in [5.41, 5.74) is 0.497. The Kier molecular flexibility index (Phi) is 6.01. The Labute approximate surface area is 116 Å². The zero-order chi connectivity index (χ0) is 15.2. The van der Waals surface area contributed by atoms with Gasteiger partial charge < -0.3 is 4.74 Å². The first-order valence-electron chi connectivity index (χ1n) is 6.41. The van der Waals surface area contributed by atoms with Crippen molar-refractivity contribution in [2.24, 2.45) is 0 Å². The standard InChI is InChI=1S/C14H18F3NO2/c1-3-18(10-14(15,16)17)12(13(19)20-4-2)11-8-6-5-7-9-11/h5-9,12H,3-4,10H2,1-2H3. The summed E-state index contributed by atoms with van der Waals surface area (Å²) in [7, 11) is 0. The topological polar surface area (TPSA) is 29.5 Å². The lowest BCUT2D eigenvalue weighted by atomic mass is 10.1.